The maximum absolute atomic E-state index is 12.6. The lowest BCUT2D eigenvalue weighted by atomic mass is 10.1. The van der Waals surface area contributed by atoms with Gasteiger partial charge in [-0.25, -0.2) is 17.8 Å². The van der Waals surface area contributed by atoms with E-state index in [1.54, 1.807) is 35.0 Å². The van der Waals surface area contributed by atoms with E-state index in [0.29, 0.717) is 0 Å². The van der Waals surface area contributed by atoms with Crippen molar-refractivity contribution in [2.24, 2.45) is 0 Å². The van der Waals surface area contributed by atoms with Gasteiger partial charge in [-0.2, -0.15) is 5.10 Å². The van der Waals surface area contributed by atoms with Crippen LogP contribution in [0.4, 0.5) is 0 Å². The summed E-state index contributed by atoms with van der Waals surface area (Å²) in [5.74, 6) is 0. The molecule has 28 heavy (non-hydrogen) atoms. The van der Waals surface area contributed by atoms with Crippen LogP contribution in [0.25, 0.3) is 16.9 Å². The highest BCUT2D eigenvalue weighted by atomic mass is 32.2. The first-order valence-electron chi connectivity index (χ1n) is 8.87. The molecule has 0 radical (unpaired) electrons. The molecular weight excluding hydrogens is 370 g/mol. The van der Waals surface area contributed by atoms with E-state index in [1.165, 1.54) is 0 Å². The molecule has 140 valence electrons. The Morgan fingerprint density at radius 2 is 1.36 bits per heavy atom. The number of hydrogen-bond donors (Lipinski definition) is 1. The number of rotatable bonds is 6. The first-order chi connectivity index (χ1) is 13.6. The van der Waals surface area contributed by atoms with Crippen molar-refractivity contribution in [2.75, 3.05) is 0 Å². The van der Waals surface area contributed by atoms with Crippen molar-refractivity contribution in [3.8, 4) is 16.9 Å². The molecular formula is C22H19N3O2S. The maximum Gasteiger partial charge on any atom is 0.240 e. The average molecular weight is 389 g/mol. The molecule has 0 saturated heterocycles. The molecule has 1 aromatic heterocycles. The van der Waals surface area contributed by atoms with Crippen LogP contribution in [0.5, 0.6) is 0 Å². The third-order valence-corrected chi connectivity index (χ3v) is 5.78. The van der Waals surface area contributed by atoms with Crippen LogP contribution in [-0.4, -0.2) is 18.2 Å². The third kappa shape index (κ3) is 3.88. The van der Waals surface area contributed by atoms with Crippen LogP contribution in [0.15, 0.2) is 102 Å². The highest BCUT2D eigenvalue weighted by Crippen LogP contribution is 2.24. The van der Waals surface area contributed by atoms with Crippen LogP contribution < -0.4 is 4.72 Å². The Kier molecular flexibility index (Phi) is 5.06. The third-order valence-electron chi connectivity index (χ3n) is 4.36. The standard InChI is InChI=1S/C22H19N3O2S/c26-28(27,21-14-8-3-9-15-21)23-16-19-17-25(20-12-6-2-7-13-20)24-22(19)18-10-4-1-5-11-18/h1-15,17,23H,16H2. The topological polar surface area (TPSA) is 64.0 Å². The molecule has 1 heterocycles. The summed E-state index contributed by atoms with van der Waals surface area (Å²) in [5, 5.41) is 4.71. The molecule has 0 aliphatic carbocycles. The second kappa shape index (κ2) is 7.80. The van der Waals surface area contributed by atoms with Gasteiger partial charge in [0.1, 0.15) is 0 Å². The predicted molar refractivity (Wildman–Crippen MR) is 109 cm³/mol. The Morgan fingerprint density at radius 1 is 0.786 bits per heavy atom. The maximum atomic E-state index is 12.6. The molecule has 0 atom stereocenters. The van der Waals surface area contributed by atoms with Crippen molar-refractivity contribution in [1.82, 2.24) is 14.5 Å². The molecule has 0 aliphatic rings. The van der Waals surface area contributed by atoms with Gasteiger partial charge >= 0.3 is 0 Å². The highest BCUT2D eigenvalue weighted by molar-refractivity contribution is 7.89. The van der Waals surface area contributed by atoms with Gasteiger partial charge < -0.3 is 0 Å². The first kappa shape index (κ1) is 18.2. The van der Waals surface area contributed by atoms with Gasteiger partial charge in [-0.05, 0) is 24.3 Å². The lowest BCUT2D eigenvalue weighted by Crippen LogP contribution is -2.23. The lowest BCUT2D eigenvalue weighted by molar-refractivity contribution is 0.581. The lowest BCUT2D eigenvalue weighted by Gasteiger charge is -2.07. The zero-order valence-corrected chi connectivity index (χ0v) is 15.9. The molecule has 0 fully saturated rings. The fourth-order valence-electron chi connectivity index (χ4n) is 2.95. The highest BCUT2D eigenvalue weighted by Gasteiger charge is 2.17. The molecule has 5 nitrogen and oxygen atoms in total. The van der Waals surface area contributed by atoms with Gasteiger partial charge in [0.05, 0.1) is 16.3 Å². The van der Waals surface area contributed by atoms with Gasteiger partial charge in [-0.3, -0.25) is 0 Å². The van der Waals surface area contributed by atoms with E-state index < -0.39 is 10.0 Å². The van der Waals surface area contributed by atoms with Crippen LogP contribution in [0.2, 0.25) is 0 Å². The zero-order chi connectivity index (χ0) is 19.4. The number of nitrogens with zero attached hydrogens (tertiary/aromatic N) is 2. The Hall–Kier alpha value is -3.22. The normalized spacial score (nSPS) is 11.4. The van der Waals surface area contributed by atoms with Crippen molar-refractivity contribution in [3.63, 3.8) is 0 Å². The summed E-state index contributed by atoms with van der Waals surface area (Å²) in [6.07, 6.45) is 1.87. The van der Waals surface area contributed by atoms with Crippen LogP contribution >= 0.6 is 0 Å². The van der Waals surface area contributed by atoms with E-state index >= 15 is 0 Å². The van der Waals surface area contributed by atoms with Crippen LogP contribution in [-0.2, 0) is 16.6 Å². The Morgan fingerprint density at radius 3 is 2.00 bits per heavy atom. The summed E-state index contributed by atoms with van der Waals surface area (Å²) in [6.45, 7) is 0.147. The quantitative estimate of drug-likeness (QED) is 0.542. The molecule has 0 saturated carbocycles. The minimum Gasteiger partial charge on any atom is -0.240 e. The number of sulfonamides is 1. The number of aromatic nitrogens is 2. The van der Waals surface area contributed by atoms with E-state index in [2.05, 4.69) is 4.72 Å². The molecule has 3 aromatic carbocycles. The number of para-hydroxylation sites is 1. The van der Waals surface area contributed by atoms with Crippen molar-refractivity contribution in [3.05, 3.63) is 103 Å². The summed E-state index contributed by atoms with van der Waals surface area (Å²) < 4.78 is 29.6. The summed E-state index contributed by atoms with van der Waals surface area (Å²) in [4.78, 5) is 0.242. The molecule has 1 N–H and O–H groups in total. The van der Waals surface area contributed by atoms with Gasteiger partial charge in [-0.1, -0.05) is 66.7 Å². The van der Waals surface area contributed by atoms with Crippen molar-refractivity contribution >= 4 is 10.0 Å². The Balaban J connectivity index is 1.68. The van der Waals surface area contributed by atoms with E-state index in [9.17, 15) is 8.42 Å². The van der Waals surface area contributed by atoms with E-state index in [4.69, 9.17) is 5.10 Å². The van der Waals surface area contributed by atoms with E-state index in [-0.39, 0.29) is 11.4 Å². The number of nitrogens with one attached hydrogen (secondary N) is 1. The van der Waals surface area contributed by atoms with E-state index in [1.807, 2.05) is 66.9 Å². The molecule has 0 unspecified atom stereocenters. The van der Waals surface area contributed by atoms with Crippen molar-refractivity contribution < 1.29 is 8.42 Å². The second-order valence-electron chi connectivity index (χ2n) is 6.29. The average Bonchev–Trinajstić information content (AvgIpc) is 3.19. The summed E-state index contributed by atoms with van der Waals surface area (Å²) in [7, 11) is -3.60. The largest absolute Gasteiger partial charge is 0.240 e. The SMILES string of the molecule is O=S(=O)(NCc1cn(-c2ccccc2)nc1-c1ccccc1)c1ccccc1. The van der Waals surface area contributed by atoms with E-state index in [0.717, 1.165) is 22.5 Å². The minimum atomic E-state index is -3.60. The van der Waals surface area contributed by atoms with Gasteiger partial charge in [0.2, 0.25) is 10.0 Å². The minimum absolute atomic E-state index is 0.147. The summed E-state index contributed by atoms with van der Waals surface area (Å²) in [5.41, 5.74) is 3.40. The number of benzene rings is 3. The first-order valence-corrected chi connectivity index (χ1v) is 10.4. The van der Waals surface area contributed by atoms with Gasteiger partial charge in [0.15, 0.2) is 0 Å². The smallest absolute Gasteiger partial charge is 0.240 e. The molecule has 6 heteroatoms. The summed E-state index contributed by atoms with van der Waals surface area (Å²) in [6, 6.07) is 27.8. The van der Waals surface area contributed by atoms with Crippen molar-refractivity contribution in [1.29, 1.82) is 0 Å². The van der Waals surface area contributed by atoms with Crippen LogP contribution in [0, 0.1) is 0 Å². The van der Waals surface area contributed by atoms with Crippen molar-refractivity contribution in [2.45, 2.75) is 11.4 Å². The Labute approximate surface area is 164 Å². The fourth-order valence-corrected chi connectivity index (χ4v) is 3.97. The molecule has 0 amide bonds. The summed E-state index contributed by atoms with van der Waals surface area (Å²) >= 11 is 0. The molecule has 4 aromatic rings. The Bertz CT molecular complexity index is 1160. The monoisotopic (exact) mass is 389 g/mol. The molecule has 0 spiro atoms. The molecule has 0 bridgehead atoms. The number of hydrogen-bond acceptors (Lipinski definition) is 3. The second-order valence-corrected chi connectivity index (χ2v) is 8.05. The molecule has 0 aliphatic heterocycles. The zero-order valence-electron chi connectivity index (χ0n) is 15.1. The molecule has 4 rings (SSSR count). The van der Waals surface area contributed by atoms with Gasteiger partial charge in [-0.15, -0.1) is 0 Å². The predicted octanol–water partition coefficient (Wildman–Crippen LogP) is 4.02. The van der Waals surface area contributed by atoms with Crippen LogP contribution in [0.1, 0.15) is 5.56 Å². The van der Waals surface area contributed by atoms with Gasteiger partial charge in [0.25, 0.3) is 0 Å². The van der Waals surface area contributed by atoms with Gasteiger partial charge in [0, 0.05) is 23.9 Å². The van der Waals surface area contributed by atoms with Crippen LogP contribution in [0.3, 0.4) is 0 Å². The fraction of sp³-hybridized carbons (Fsp3) is 0.0455.